The summed E-state index contributed by atoms with van der Waals surface area (Å²) in [6.45, 7) is 7.46. The SMILES string of the molecule is COc1ccc(C(F)(F)F)cc1C(=O)N=c1cc(CC(C)(C)C)[nH]n1CC1CCCCO1. The van der Waals surface area contributed by atoms with Crippen LogP contribution in [0.15, 0.2) is 29.3 Å². The number of carbonyl (C=O) groups is 1. The predicted molar refractivity (Wildman–Crippen MR) is 113 cm³/mol. The molecule has 32 heavy (non-hydrogen) atoms. The van der Waals surface area contributed by atoms with E-state index in [2.05, 4.69) is 30.9 Å². The molecule has 1 aromatic carbocycles. The largest absolute Gasteiger partial charge is 0.496 e. The monoisotopic (exact) mass is 453 g/mol. The Morgan fingerprint density at radius 2 is 2.00 bits per heavy atom. The highest BCUT2D eigenvalue weighted by Gasteiger charge is 2.32. The topological polar surface area (TPSA) is 68.6 Å². The van der Waals surface area contributed by atoms with E-state index in [-0.39, 0.29) is 22.8 Å². The van der Waals surface area contributed by atoms with E-state index in [1.807, 2.05) is 0 Å². The molecule has 1 amide bonds. The standard InChI is InChI=1S/C23H30F3N3O3/c1-22(2,3)13-16-12-20(29(28-16)14-17-7-5-6-10-32-17)27-21(30)18-11-15(23(24,25)26)8-9-19(18)31-4/h8-9,11-12,17,28H,5-7,10,13-14H2,1-4H3. The molecule has 0 spiro atoms. The molecule has 1 saturated heterocycles. The van der Waals surface area contributed by atoms with Crippen LogP contribution in [0.4, 0.5) is 13.2 Å². The van der Waals surface area contributed by atoms with Crippen LogP contribution in [-0.2, 0) is 23.9 Å². The summed E-state index contributed by atoms with van der Waals surface area (Å²) in [5.41, 5.74) is 0.0678. The van der Waals surface area contributed by atoms with E-state index in [0.29, 0.717) is 18.6 Å². The summed E-state index contributed by atoms with van der Waals surface area (Å²) in [4.78, 5) is 17.1. The number of rotatable bonds is 5. The first-order valence-corrected chi connectivity index (χ1v) is 10.7. The lowest BCUT2D eigenvalue weighted by Crippen LogP contribution is -2.30. The van der Waals surface area contributed by atoms with E-state index in [1.54, 1.807) is 10.7 Å². The van der Waals surface area contributed by atoms with E-state index in [4.69, 9.17) is 9.47 Å². The zero-order valence-electron chi connectivity index (χ0n) is 18.9. The molecule has 0 bridgehead atoms. The Morgan fingerprint density at radius 1 is 1.25 bits per heavy atom. The average Bonchev–Trinajstić information content (AvgIpc) is 3.06. The Kier molecular flexibility index (Phi) is 7.17. The van der Waals surface area contributed by atoms with E-state index in [0.717, 1.165) is 49.6 Å². The van der Waals surface area contributed by atoms with Gasteiger partial charge in [-0.3, -0.25) is 9.48 Å². The number of amides is 1. The summed E-state index contributed by atoms with van der Waals surface area (Å²) in [7, 11) is 1.30. The highest BCUT2D eigenvalue weighted by Crippen LogP contribution is 2.32. The van der Waals surface area contributed by atoms with Gasteiger partial charge in [-0.1, -0.05) is 20.8 Å². The van der Waals surface area contributed by atoms with Gasteiger partial charge in [0.25, 0.3) is 5.91 Å². The van der Waals surface area contributed by atoms with Gasteiger partial charge in [-0.15, -0.1) is 0 Å². The van der Waals surface area contributed by atoms with Gasteiger partial charge >= 0.3 is 6.18 Å². The Hall–Kier alpha value is -2.55. The summed E-state index contributed by atoms with van der Waals surface area (Å²) >= 11 is 0. The maximum Gasteiger partial charge on any atom is 0.416 e. The Morgan fingerprint density at radius 3 is 2.59 bits per heavy atom. The lowest BCUT2D eigenvalue weighted by Gasteiger charge is -2.23. The lowest BCUT2D eigenvalue weighted by molar-refractivity contribution is -0.137. The second-order valence-electron chi connectivity index (χ2n) is 9.31. The number of halogens is 3. The molecule has 1 aliphatic heterocycles. The van der Waals surface area contributed by atoms with Crippen molar-refractivity contribution in [3.05, 3.63) is 46.6 Å². The van der Waals surface area contributed by atoms with Gasteiger partial charge in [0.05, 0.1) is 30.9 Å². The van der Waals surface area contributed by atoms with Crippen molar-refractivity contribution in [3.8, 4) is 5.75 Å². The normalized spacial score (nSPS) is 18.1. The summed E-state index contributed by atoms with van der Waals surface area (Å²) in [5.74, 6) is -0.757. The van der Waals surface area contributed by atoms with Gasteiger partial charge < -0.3 is 14.6 Å². The second kappa shape index (κ2) is 9.52. The van der Waals surface area contributed by atoms with E-state index in [9.17, 15) is 18.0 Å². The molecule has 1 unspecified atom stereocenters. The van der Waals surface area contributed by atoms with Crippen LogP contribution < -0.4 is 10.2 Å². The van der Waals surface area contributed by atoms with Crippen molar-refractivity contribution in [2.24, 2.45) is 10.4 Å². The van der Waals surface area contributed by atoms with Crippen LogP contribution in [0.3, 0.4) is 0 Å². The van der Waals surface area contributed by atoms with Gasteiger partial charge in [-0.2, -0.15) is 18.2 Å². The van der Waals surface area contributed by atoms with Crippen molar-refractivity contribution in [2.45, 2.75) is 65.3 Å². The van der Waals surface area contributed by atoms with Crippen LogP contribution in [0.5, 0.6) is 5.75 Å². The van der Waals surface area contributed by atoms with Gasteiger partial charge in [0, 0.05) is 18.4 Å². The van der Waals surface area contributed by atoms with Crippen LogP contribution in [-0.4, -0.2) is 35.5 Å². The molecule has 176 valence electrons. The van der Waals surface area contributed by atoms with E-state index < -0.39 is 17.6 Å². The first kappa shape index (κ1) is 24.1. The first-order chi connectivity index (χ1) is 15.0. The highest BCUT2D eigenvalue weighted by molar-refractivity contribution is 5.97. The molecule has 0 saturated carbocycles. The molecule has 0 aliphatic carbocycles. The minimum Gasteiger partial charge on any atom is -0.496 e. The molecule has 2 aromatic rings. The molecule has 6 nitrogen and oxygen atoms in total. The summed E-state index contributed by atoms with van der Waals surface area (Å²) in [6.07, 6.45) is -0.889. The number of ether oxygens (including phenoxy) is 2. The van der Waals surface area contributed by atoms with Crippen molar-refractivity contribution in [3.63, 3.8) is 0 Å². The van der Waals surface area contributed by atoms with Gasteiger partial charge in [0.1, 0.15) is 5.75 Å². The summed E-state index contributed by atoms with van der Waals surface area (Å²) in [6, 6.07) is 4.57. The molecule has 1 N–H and O–H groups in total. The van der Waals surface area contributed by atoms with Crippen LogP contribution >= 0.6 is 0 Å². The number of hydrogen-bond donors (Lipinski definition) is 1. The quantitative estimate of drug-likeness (QED) is 0.711. The summed E-state index contributed by atoms with van der Waals surface area (Å²) in [5, 5.41) is 3.29. The molecule has 3 rings (SSSR count). The molecule has 1 fully saturated rings. The molecule has 2 heterocycles. The number of benzene rings is 1. The number of nitrogens with one attached hydrogen (secondary N) is 1. The van der Waals surface area contributed by atoms with Gasteiger partial charge in [0.2, 0.25) is 0 Å². The molecule has 1 aliphatic rings. The van der Waals surface area contributed by atoms with Crippen molar-refractivity contribution in [1.82, 2.24) is 9.78 Å². The summed E-state index contributed by atoms with van der Waals surface area (Å²) < 4.78 is 52.2. The fourth-order valence-corrected chi connectivity index (χ4v) is 3.76. The lowest BCUT2D eigenvalue weighted by atomic mass is 9.91. The molecular weight excluding hydrogens is 423 g/mol. The Balaban J connectivity index is 2.01. The fraction of sp³-hybridized carbons (Fsp3) is 0.565. The maximum atomic E-state index is 13.2. The zero-order valence-corrected chi connectivity index (χ0v) is 18.9. The average molecular weight is 454 g/mol. The van der Waals surface area contributed by atoms with Crippen LogP contribution in [0.1, 0.15) is 61.6 Å². The van der Waals surface area contributed by atoms with Crippen molar-refractivity contribution in [2.75, 3.05) is 13.7 Å². The maximum absolute atomic E-state index is 13.2. The van der Waals surface area contributed by atoms with Crippen LogP contribution in [0, 0.1) is 5.41 Å². The number of aromatic nitrogens is 2. The minimum absolute atomic E-state index is 0.00440. The van der Waals surface area contributed by atoms with Crippen LogP contribution in [0.25, 0.3) is 0 Å². The van der Waals surface area contributed by atoms with Gasteiger partial charge in [-0.25, -0.2) is 0 Å². The van der Waals surface area contributed by atoms with Crippen molar-refractivity contribution in [1.29, 1.82) is 0 Å². The number of alkyl halides is 3. The number of hydrogen-bond acceptors (Lipinski definition) is 3. The molecule has 9 heteroatoms. The third-order valence-corrected chi connectivity index (χ3v) is 5.21. The number of nitrogens with zero attached hydrogens (tertiary/aromatic N) is 2. The molecular formula is C23H30F3N3O3. The van der Waals surface area contributed by atoms with Crippen molar-refractivity contribution < 1.29 is 27.4 Å². The number of aromatic amines is 1. The minimum atomic E-state index is -4.58. The molecule has 0 radical (unpaired) electrons. The predicted octanol–water partition coefficient (Wildman–Crippen LogP) is 4.74. The van der Waals surface area contributed by atoms with E-state index >= 15 is 0 Å². The molecule has 1 aromatic heterocycles. The number of H-pyrrole nitrogens is 1. The first-order valence-electron chi connectivity index (χ1n) is 10.7. The third kappa shape index (κ3) is 6.25. The smallest absolute Gasteiger partial charge is 0.416 e. The molecule has 1 atom stereocenters. The third-order valence-electron chi connectivity index (χ3n) is 5.21. The van der Waals surface area contributed by atoms with E-state index in [1.165, 1.54) is 7.11 Å². The Bertz CT molecular complexity index is 1010. The zero-order chi connectivity index (χ0) is 23.5. The fourth-order valence-electron chi connectivity index (χ4n) is 3.76. The van der Waals surface area contributed by atoms with Crippen molar-refractivity contribution >= 4 is 5.91 Å². The van der Waals surface area contributed by atoms with Gasteiger partial charge in [-0.05, 0) is 49.3 Å². The van der Waals surface area contributed by atoms with Crippen LogP contribution in [0.2, 0.25) is 0 Å². The number of methoxy groups -OCH3 is 1. The highest BCUT2D eigenvalue weighted by atomic mass is 19.4. The second-order valence-corrected chi connectivity index (χ2v) is 9.31. The number of carbonyl (C=O) groups excluding carboxylic acids is 1. The van der Waals surface area contributed by atoms with Gasteiger partial charge in [0.15, 0.2) is 5.49 Å². The Labute approximate surface area is 185 Å².